The van der Waals surface area contributed by atoms with Gasteiger partial charge >= 0.3 is 5.97 Å². The summed E-state index contributed by atoms with van der Waals surface area (Å²) >= 11 is 0. The highest BCUT2D eigenvalue weighted by molar-refractivity contribution is 7.89. The number of carboxylic acids is 1. The van der Waals surface area contributed by atoms with Gasteiger partial charge in [-0.1, -0.05) is 0 Å². The molecule has 1 rings (SSSR count). The van der Waals surface area contributed by atoms with E-state index in [4.69, 9.17) is 10.2 Å². The lowest BCUT2D eigenvalue weighted by Crippen LogP contribution is -2.15. The summed E-state index contributed by atoms with van der Waals surface area (Å²) in [6.07, 6.45) is 0. The zero-order valence-electron chi connectivity index (χ0n) is 8.10. The van der Waals surface area contributed by atoms with Gasteiger partial charge < -0.3 is 9.84 Å². The van der Waals surface area contributed by atoms with Crippen LogP contribution in [0.5, 0.6) is 5.75 Å². The van der Waals surface area contributed by atoms with Gasteiger partial charge in [-0.2, -0.15) is 0 Å². The maximum Gasteiger partial charge on any atom is 0.338 e. The molecule has 8 heteroatoms. The van der Waals surface area contributed by atoms with E-state index < -0.39 is 32.3 Å². The molecular formula is C8H8FNO5S. The SMILES string of the molecule is COc1cc(F)c(C(=O)O)cc1S(N)(=O)=O. The third-order valence-electron chi connectivity index (χ3n) is 1.79. The summed E-state index contributed by atoms with van der Waals surface area (Å²) in [4.78, 5) is 10.0. The fourth-order valence-corrected chi connectivity index (χ4v) is 1.79. The first-order chi connectivity index (χ1) is 7.27. The lowest BCUT2D eigenvalue weighted by Gasteiger charge is -2.08. The monoisotopic (exact) mass is 249 g/mol. The van der Waals surface area contributed by atoms with E-state index >= 15 is 0 Å². The van der Waals surface area contributed by atoms with Crippen molar-refractivity contribution in [2.24, 2.45) is 5.14 Å². The van der Waals surface area contributed by atoms with Crippen LogP contribution in [-0.2, 0) is 10.0 Å². The fraction of sp³-hybridized carbons (Fsp3) is 0.125. The normalized spacial score (nSPS) is 11.2. The Kier molecular flexibility index (Phi) is 3.15. The molecule has 0 aliphatic carbocycles. The number of hydrogen-bond donors (Lipinski definition) is 2. The molecule has 0 bridgehead atoms. The number of ether oxygens (including phenoxy) is 1. The molecule has 0 saturated carbocycles. The molecule has 0 atom stereocenters. The van der Waals surface area contributed by atoms with Gasteiger partial charge in [0.25, 0.3) is 0 Å². The van der Waals surface area contributed by atoms with Crippen LogP contribution in [0.15, 0.2) is 17.0 Å². The van der Waals surface area contributed by atoms with Crippen LogP contribution in [0.2, 0.25) is 0 Å². The number of halogens is 1. The maximum atomic E-state index is 13.2. The van der Waals surface area contributed by atoms with E-state index in [1.54, 1.807) is 0 Å². The average Bonchev–Trinajstić information content (AvgIpc) is 2.14. The number of primary sulfonamides is 1. The van der Waals surface area contributed by atoms with Crippen LogP contribution in [0, 0.1) is 5.82 Å². The van der Waals surface area contributed by atoms with Crippen molar-refractivity contribution in [2.75, 3.05) is 7.11 Å². The number of rotatable bonds is 3. The first kappa shape index (κ1) is 12.4. The van der Waals surface area contributed by atoms with E-state index in [0.717, 1.165) is 7.11 Å². The Balaban J connectivity index is 3.60. The van der Waals surface area contributed by atoms with Gasteiger partial charge in [-0.15, -0.1) is 0 Å². The summed E-state index contributed by atoms with van der Waals surface area (Å²) < 4.78 is 39.9. The summed E-state index contributed by atoms with van der Waals surface area (Å²) in [6, 6.07) is 1.27. The average molecular weight is 249 g/mol. The standard InChI is InChI=1S/C8H8FNO5S/c1-15-6-3-5(9)4(8(11)12)2-7(6)16(10,13)14/h2-3H,1H3,(H,11,12)(H2,10,13,14). The number of aromatic carboxylic acids is 1. The second-order valence-corrected chi connectivity index (χ2v) is 4.36. The molecule has 1 aromatic rings. The van der Waals surface area contributed by atoms with Gasteiger partial charge in [-0.05, 0) is 6.07 Å². The van der Waals surface area contributed by atoms with Crippen molar-refractivity contribution in [1.29, 1.82) is 0 Å². The Morgan fingerprint density at radius 3 is 2.44 bits per heavy atom. The Morgan fingerprint density at radius 2 is 2.06 bits per heavy atom. The third kappa shape index (κ3) is 2.28. The molecule has 16 heavy (non-hydrogen) atoms. The predicted octanol–water partition coefficient (Wildman–Crippen LogP) is 0.180. The molecule has 0 aromatic heterocycles. The lowest BCUT2D eigenvalue weighted by atomic mass is 10.2. The molecule has 0 spiro atoms. The van der Waals surface area contributed by atoms with Crippen molar-refractivity contribution in [3.63, 3.8) is 0 Å². The van der Waals surface area contributed by atoms with Crippen molar-refractivity contribution in [3.05, 3.63) is 23.5 Å². The number of carbonyl (C=O) groups is 1. The third-order valence-corrected chi connectivity index (χ3v) is 2.72. The lowest BCUT2D eigenvalue weighted by molar-refractivity contribution is 0.0691. The van der Waals surface area contributed by atoms with Crippen LogP contribution in [0.25, 0.3) is 0 Å². The minimum atomic E-state index is -4.17. The Labute approximate surface area is 90.5 Å². The van der Waals surface area contributed by atoms with Crippen LogP contribution in [-0.4, -0.2) is 26.6 Å². The summed E-state index contributed by atoms with van der Waals surface area (Å²) in [7, 11) is -3.06. The summed E-state index contributed by atoms with van der Waals surface area (Å²) in [5.74, 6) is -3.04. The zero-order valence-corrected chi connectivity index (χ0v) is 8.91. The molecule has 0 heterocycles. The number of methoxy groups -OCH3 is 1. The van der Waals surface area contributed by atoms with Crippen molar-refractivity contribution in [1.82, 2.24) is 0 Å². The number of sulfonamides is 1. The van der Waals surface area contributed by atoms with Crippen molar-refractivity contribution >= 4 is 16.0 Å². The fourth-order valence-electron chi connectivity index (χ4n) is 1.08. The molecule has 0 unspecified atom stereocenters. The van der Waals surface area contributed by atoms with Crippen LogP contribution < -0.4 is 9.88 Å². The second kappa shape index (κ2) is 4.06. The predicted molar refractivity (Wildman–Crippen MR) is 51.3 cm³/mol. The number of hydrogen-bond acceptors (Lipinski definition) is 4. The van der Waals surface area contributed by atoms with Gasteiger partial charge in [-0.25, -0.2) is 22.7 Å². The van der Waals surface area contributed by atoms with E-state index in [1.807, 2.05) is 0 Å². The molecule has 6 nitrogen and oxygen atoms in total. The van der Waals surface area contributed by atoms with Gasteiger partial charge in [0.1, 0.15) is 16.5 Å². The quantitative estimate of drug-likeness (QED) is 0.794. The topological polar surface area (TPSA) is 107 Å². The zero-order chi connectivity index (χ0) is 12.5. The second-order valence-electron chi connectivity index (χ2n) is 2.83. The van der Waals surface area contributed by atoms with Gasteiger partial charge in [0, 0.05) is 6.07 Å². The van der Waals surface area contributed by atoms with Crippen molar-refractivity contribution in [2.45, 2.75) is 4.90 Å². The molecule has 0 aliphatic rings. The molecule has 3 N–H and O–H groups in total. The molecule has 0 saturated heterocycles. The van der Waals surface area contributed by atoms with E-state index in [-0.39, 0.29) is 5.75 Å². The first-order valence-corrected chi connectivity index (χ1v) is 5.45. The highest BCUT2D eigenvalue weighted by Crippen LogP contribution is 2.26. The summed E-state index contributed by atoms with van der Waals surface area (Å²) in [5, 5.41) is 13.4. The van der Waals surface area contributed by atoms with Crippen LogP contribution in [0.1, 0.15) is 10.4 Å². The van der Waals surface area contributed by atoms with Crippen LogP contribution in [0.4, 0.5) is 4.39 Å². The number of benzene rings is 1. The smallest absolute Gasteiger partial charge is 0.338 e. The number of carboxylic acid groups (broad SMARTS) is 1. The Bertz CT molecular complexity index is 540. The largest absolute Gasteiger partial charge is 0.495 e. The number of nitrogens with two attached hydrogens (primary N) is 1. The van der Waals surface area contributed by atoms with Gasteiger partial charge in [-0.3, -0.25) is 0 Å². The van der Waals surface area contributed by atoms with Gasteiger partial charge in [0.2, 0.25) is 10.0 Å². The molecule has 0 aliphatic heterocycles. The maximum absolute atomic E-state index is 13.2. The van der Waals surface area contributed by atoms with Gasteiger partial charge in [0.15, 0.2) is 0 Å². The van der Waals surface area contributed by atoms with Gasteiger partial charge in [0.05, 0.1) is 12.7 Å². The van der Waals surface area contributed by atoms with E-state index in [1.165, 1.54) is 0 Å². The Morgan fingerprint density at radius 1 is 1.50 bits per heavy atom. The first-order valence-electron chi connectivity index (χ1n) is 3.91. The highest BCUT2D eigenvalue weighted by atomic mass is 32.2. The van der Waals surface area contributed by atoms with E-state index in [9.17, 15) is 17.6 Å². The molecule has 88 valence electrons. The Hall–Kier alpha value is -1.67. The molecular weight excluding hydrogens is 241 g/mol. The van der Waals surface area contributed by atoms with Crippen LogP contribution in [0.3, 0.4) is 0 Å². The molecule has 1 aromatic carbocycles. The molecule has 0 amide bonds. The molecule has 0 fully saturated rings. The summed E-state index contributed by atoms with van der Waals surface area (Å²) in [6.45, 7) is 0. The van der Waals surface area contributed by atoms with Crippen LogP contribution >= 0.6 is 0 Å². The van der Waals surface area contributed by atoms with Crippen molar-refractivity contribution in [3.8, 4) is 5.75 Å². The highest BCUT2D eigenvalue weighted by Gasteiger charge is 2.21. The van der Waals surface area contributed by atoms with E-state index in [0.29, 0.717) is 12.1 Å². The van der Waals surface area contributed by atoms with E-state index in [2.05, 4.69) is 4.74 Å². The summed E-state index contributed by atoms with van der Waals surface area (Å²) in [5.41, 5.74) is -0.787. The molecule has 0 radical (unpaired) electrons. The minimum absolute atomic E-state index is 0.343. The minimum Gasteiger partial charge on any atom is -0.495 e. The van der Waals surface area contributed by atoms with Crippen molar-refractivity contribution < 1.29 is 27.4 Å².